The number of benzene rings is 1. The van der Waals surface area contributed by atoms with E-state index in [1.54, 1.807) is 0 Å². The second-order valence-corrected chi connectivity index (χ2v) is 3.39. The summed E-state index contributed by atoms with van der Waals surface area (Å²) in [7, 11) is 0. The van der Waals surface area contributed by atoms with Gasteiger partial charge in [-0.3, -0.25) is 0 Å². The molecule has 0 radical (unpaired) electrons. The van der Waals surface area contributed by atoms with Gasteiger partial charge in [0.05, 0.1) is 0 Å². The molecule has 0 aliphatic carbocycles. The Morgan fingerprint density at radius 3 is 2.92 bits per heavy atom. The number of hydrogen-bond donors (Lipinski definition) is 0. The van der Waals surface area contributed by atoms with Gasteiger partial charge in [0.15, 0.2) is 5.05 Å². The molecule has 0 N–H and O–H groups in total. The lowest BCUT2D eigenvalue weighted by Gasteiger charge is -2.04. The molecule has 0 bridgehead atoms. The Hall–Kier alpha value is -0.890. The van der Waals surface area contributed by atoms with Crippen molar-refractivity contribution < 1.29 is 4.74 Å². The summed E-state index contributed by atoms with van der Waals surface area (Å²) < 4.78 is 5.49. The fourth-order valence-electron chi connectivity index (χ4n) is 1.41. The van der Waals surface area contributed by atoms with Crippen LogP contribution in [0, 0.1) is 0 Å². The Bertz CT molecular complexity index is 306. The zero-order chi connectivity index (χ0) is 8.39. The van der Waals surface area contributed by atoms with Gasteiger partial charge in [-0.25, -0.2) is 0 Å². The third-order valence-electron chi connectivity index (χ3n) is 2.02. The zero-order valence-electron chi connectivity index (χ0n) is 6.75. The van der Waals surface area contributed by atoms with Crippen molar-refractivity contribution >= 4 is 17.3 Å². The monoisotopic (exact) mass is 178 g/mol. The van der Waals surface area contributed by atoms with Gasteiger partial charge in [-0.1, -0.05) is 18.2 Å². The van der Waals surface area contributed by atoms with Crippen LogP contribution in [-0.4, -0.2) is 5.05 Å². The Morgan fingerprint density at radius 2 is 2.00 bits per heavy atom. The van der Waals surface area contributed by atoms with Crippen molar-refractivity contribution in [3.8, 4) is 5.75 Å². The lowest BCUT2D eigenvalue weighted by Crippen LogP contribution is -2.02. The molecule has 1 aromatic carbocycles. The van der Waals surface area contributed by atoms with E-state index in [2.05, 4.69) is 6.07 Å². The Labute approximate surface area is 77.4 Å². The van der Waals surface area contributed by atoms with Crippen molar-refractivity contribution in [2.75, 3.05) is 0 Å². The topological polar surface area (TPSA) is 9.23 Å². The number of ether oxygens (including phenoxy) is 1. The van der Waals surface area contributed by atoms with Crippen LogP contribution < -0.4 is 4.74 Å². The summed E-state index contributed by atoms with van der Waals surface area (Å²) in [4.78, 5) is 0. The molecule has 2 heteroatoms. The van der Waals surface area contributed by atoms with E-state index in [0.29, 0.717) is 0 Å². The second kappa shape index (κ2) is 3.23. The minimum atomic E-state index is 0.722. The first-order valence-corrected chi connectivity index (χ1v) is 4.56. The SMILES string of the molecule is S=C1CCCc2ccccc2O1. The molecule has 0 atom stereocenters. The average molecular weight is 178 g/mol. The molecule has 1 aliphatic rings. The van der Waals surface area contributed by atoms with Crippen LogP contribution in [0.2, 0.25) is 0 Å². The predicted molar refractivity (Wildman–Crippen MR) is 52.6 cm³/mol. The first kappa shape index (κ1) is 7.74. The van der Waals surface area contributed by atoms with E-state index in [4.69, 9.17) is 17.0 Å². The molecule has 1 aliphatic heterocycles. The molecule has 62 valence electrons. The van der Waals surface area contributed by atoms with Crippen LogP contribution in [0.3, 0.4) is 0 Å². The molecule has 0 spiro atoms. The molecule has 0 saturated carbocycles. The number of fused-ring (bicyclic) bond motifs is 1. The van der Waals surface area contributed by atoms with Crippen molar-refractivity contribution in [1.29, 1.82) is 0 Å². The maximum atomic E-state index is 5.49. The fraction of sp³-hybridized carbons (Fsp3) is 0.300. The van der Waals surface area contributed by atoms with E-state index in [1.165, 1.54) is 5.56 Å². The summed E-state index contributed by atoms with van der Waals surface area (Å²) in [6.45, 7) is 0. The van der Waals surface area contributed by atoms with Gasteiger partial charge >= 0.3 is 0 Å². The number of para-hydroxylation sites is 1. The lowest BCUT2D eigenvalue weighted by atomic mass is 10.1. The molecule has 0 aromatic heterocycles. The van der Waals surface area contributed by atoms with Gasteiger partial charge in [-0.15, -0.1) is 0 Å². The van der Waals surface area contributed by atoms with Gasteiger partial charge in [0.25, 0.3) is 0 Å². The molecule has 1 nitrogen and oxygen atoms in total. The molecular formula is C10H10OS. The van der Waals surface area contributed by atoms with E-state index < -0.39 is 0 Å². The summed E-state index contributed by atoms with van der Waals surface area (Å²) in [6, 6.07) is 8.10. The van der Waals surface area contributed by atoms with E-state index in [1.807, 2.05) is 18.2 Å². The molecule has 1 heterocycles. The van der Waals surface area contributed by atoms with Crippen LogP contribution in [0.1, 0.15) is 18.4 Å². The molecule has 0 amide bonds. The Kier molecular flexibility index (Phi) is 2.09. The van der Waals surface area contributed by atoms with Crippen molar-refractivity contribution in [1.82, 2.24) is 0 Å². The maximum absolute atomic E-state index is 5.49. The van der Waals surface area contributed by atoms with E-state index in [-0.39, 0.29) is 0 Å². The normalized spacial score (nSPS) is 16.2. The van der Waals surface area contributed by atoms with Crippen LogP contribution in [0.4, 0.5) is 0 Å². The smallest absolute Gasteiger partial charge is 0.167 e. The van der Waals surface area contributed by atoms with E-state index in [9.17, 15) is 0 Å². The molecule has 0 fully saturated rings. The minimum absolute atomic E-state index is 0.722. The average Bonchev–Trinajstić information content (AvgIpc) is 2.25. The first-order chi connectivity index (χ1) is 5.86. The van der Waals surface area contributed by atoms with Crippen LogP contribution >= 0.6 is 12.2 Å². The molecule has 2 rings (SSSR count). The van der Waals surface area contributed by atoms with Crippen LogP contribution in [0.15, 0.2) is 24.3 Å². The summed E-state index contributed by atoms with van der Waals surface area (Å²) in [5.74, 6) is 0.944. The number of rotatable bonds is 0. The highest BCUT2D eigenvalue weighted by atomic mass is 32.1. The van der Waals surface area contributed by atoms with Crippen LogP contribution in [0.5, 0.6) is 5.75 Å². The standard InChI is InChI=1S/C10H10OS/c12-10-7-3-5-8-4-1-2-6-9(8)11-10/h1-2,4,6H,3,5,7H2. The summed E-state index contributed by atoms with van der Waals surface area (Å²) in [6.07, 6.45) is 3.09. The van der Waals surface area contributed by atoms with Gasteiger partial charge in [-0.05, 0) is 36.7 Å². The van der Waals surface area contributed by atoms with E-state index in [0.717, 1.165) is 30.1 Å². The van der Waals surface area contributed by atoms with Crippen LogP contribution in [-0.2, 0) is 6.42 Å². The van der Waals surface area contributed by atoms with Crippen molar-refractivity contribution in [2.45, 2.75) is 19.3 Å². The van der Waals surface area contributed by atoms with E-state index >= 15 is 0 Å². The zero-order valence-corrected chi connectivity index (χ0v) is 7.56. The molecular weight excluding hydrogens is 168 g/mol. The minimum Gasteiger partial charge on any atom is -0.450 e. The van der Waals surface area contributed by atoms with Crippen LogP contribution in [0.25, 0.3) is 0 Å². The van der Waals surface area contributed by atoms with Crippen molar-refractivity contribution in [3.05, 3.63) is 29.8 Å². The van der Waals surface area contributed by atoms with Gasteiger partial charge < -0.3 is 4.74 Å². The summed E-state index contributed by atoms with van der Waals surface area (Å²) in [5, 5.41) is 0.722. The summed E-state index contributed by atoms with van der Waals surface area (Å²) in [5.41, 5.74) is 1.28. The van der Waals surface area contributed by atoms with Crippen molar-refractivity contribution in [3.63, 3.8) is 0 Å². The number of aryl methyl sites for hydroxylation is 1. The highest BCUT2D eigenvalue weighted by molar-refractivity contribution is 7.80. The highest BCUT2D eigenvalue weighted by Crippen LogP contribution is 2.24. The fourth-order valence-corrected chi connectivity index (χ4v) is 1.64. The van der Waals surface area contributed by atoms with Crippen molar-refractivity contribution in [2.24, 2.45) is 0 Å². The highest BCUT2D eigenvalue weighted by Gasteiger charge is 2.10. The second-order valence-electron chi connectivity index (χ2n) is 2.94. The third-order valence-corrected chi connectivity index (χ3v) is 2.31. The molecule has 0 saturated heterocycles. The van der Waals surface area contributed by atoms with Gasteiger partial charge in [-0.2, -0.15) is 0 Å². The van der Waals surface area contributed by atoms with Gasteiger partial charge in [0.1, 0.15) is 5.75 Å². The largest absolute Gasteiger partial charge is 0.450 e. The third kappa shape index (κ3) is 1.48. The Balaban J connectivity index is 2.37. The van der Waals surface area contributed by atoms with Gasteiger partial charge in [0, 0.05) is 6.42 Å². The Morgan fingerprint density at radius 1 is 1.17 bits per heavy atom. The maximum Gasteiger partial charge on any atom is 0.167 e. The summed E-state index contributed by atoms with van der Waals surface area (Å²) >= 11 is 5.05. The predicted octanol–water partition coefficient (Wildman–Crippen LogP) is 2.73. The number of hydrogen-bond acceptors (Lipinski definition) is 2. The number of thiocarbonyl (C=S) groups is 1. The first-order valence-electron chi connectivity index (χ1n) is 4.15. The van der Waals surface area contributed by atoms with Gasteiger partial charge in [0.2, 0.25) is 0 Å². The molecule has 0 unspecified atom stereocenters. The molecule has 1 aromatic rings. The molecule has 12 heavy (non-hydrogen) atoms. The quantitative estimate of drug-likeness (QED) is 0.565. The lowest BCUT2D eigenvalue weighted by molar-refractivity contribution is 0.552.